The molecule has 1 radical (unpaired) electrons. The molecule has 2 nitrogen and oxygen atoms in total. The van der Waals surface area contributed by atoms with E-state index in [0.29, 0.717) is 0 Å². The number of nitrogens with zero attached hydrogens (tertiary/aromatic N) is 1. The number of furan rings is 1. The van der Waals surface area contributed by atoms with Gasteiger partial charge in [0.05, 0.1) is 0 Å². The molecule has 0 atom stereocenters. The molecule has 0 amide bonds. The first-order valence-corrected chi connectivity index (χ1v) is 13.6. The van der Waals surface area contributed by atoms with Gasteiger partial charge in [0, 0.05) is 46.4 Å². The average molecular weight is 563 g/mol. The first-order valence-electron chi connectivity index (χ1n) is 13.6. The molecule has 193 valence electrons. The molecule has 1 heterocycles. The van der Waals surface area contributed by atoms with E-state index >= 15 is 0 Å². The van der Waals surface area contributed by atoms with Gasteiger partial charge in [-0.25, -0.2) is 0 Å². The molecule has 8 rings (SSSR count). The largest absolute Gasteiger partial charge is 0.456 e. The summed E-state index contributed by atoms with van der Waals surface area (Å²) < 4.78 is 6.28. The second-order valence-corrected chi connectivity index (χ2v) is 10.2. The molecule has 0 unspecified atom stereocenters. The molecule has 0 N–H and O–H groups in total. The molecule has 3 heteroatoms. The molecule has 0 aliphatic rings. The first-order chi connectivity index (χ1) is 19.8. The zero-order valence-corrected chi connectivity index (χ0v) is 23.6. The Kier molecular flexibility index (Phi) is 6.36. The van der Waals surface area contributed by atoms with E-state index in [4.69, 9.17) is 4.42 Å². The third-order valence-corrected chi connectivity index (χ3v) is 7.82. The molecule has 0 saturated carbocycles. The Morgan fingerprint density at radius 1 is 0.390 bits per heavy atom. The Labute approximate surface area is 250 Å². The van der Waals surface area contributed by atoms with E-state index in [2.05, 4.69) is 144 Å². The Morgan fingerprint density at radius 2 is 0.976 bits per heavy atom. The third kappa shape index (κ3) is 4.29. The molecule has 0 fully saturated rings. The number of para-hydroxylation sites is 3. The molecule has 0 bridgehead atoms. The van der Waals surface area contributed by atoms with Gasteiger partial charge in [0.2, 0.25) is 0 Å². The van der Waals surface area contributed by atoms with Crippen LogP contribution in [0.1, 0.15) is 0 Å². The fourth-order valence-corrected chi connectivity index (χ4v) is 5.95. The quantitative estimate of drug-likeness (QED) is 0.198. The second-order valence-electron chi connectivity index (χ2n) is 10.2. The maximum atomic E-state index is 6.28. The van der Waals surface area contributed by atoms with Gasteiger partial charge >= 0.3 is 0 Å². The fraction of sp³-hybridized carbons (Fsp3) is 0. The standard InChI is InChI=1S/C38H25NO.V/c1-3-12-28(13-4-1)39(29-14-5-2-6-15-29)30-21-19-26(20-22-30)33-23-27-11-7-8-16-31(27)35-25-38-36(24-34(33)35)32-17-9-10-18-37(32)40-38;/h1-25H;. The maximum Gasteiger partial charge on any atom is 0.136 e. The van der Waals surface area contributed by atoms with Crippen LogP contribution in [0.25, 0.3) is 54.6 Å². The van der Waals surface area contributed by atoms with Gasteiger partial charge < -0.3 is 9.32 Å². The molecule has 0 saturated heterocycles. The average Bonchev–Trinajstić information content (AvgIpc) is 3.39. The Balaban J connectivity index is 0.00000276. The summed E-state index contributed by atoms with van der Waals surface area (Å²) in [6.45, 7) is 0. The molecule has 0 spiro atoms. The number of hydrogen-bond donors (Lipinski definition) is 0. The monoisotopic (exact) mass is 562 g/mol. The molecule has 8 aromatic rings. The summed E-state index contributed by atoms with van der Waals surface area (Å²) in [6.07, 6.45) is 0. The van der Waals surface area contributed by atoms with Gasteiger partial charge in [-0.15, -0.1) is 0 Å². The van der Waals surface area contributed by atoms with Crippen molar-refractivity contribution < 1.29 is 23.0 Å². The van der Waals surface area contributed by atoms with Gasteiger partial charge in [-0.05, 0) is 93.3 Å². The first kappa shape index (κ1) is 25.2. The normalized spacial score (nSPS) is 11.2. The minimum Gasteiger partial charge on any atom is -0.456 e. The zero-order valence-electron chi connectivity index (χ0n) is 22.2. The van der Waals surface area contributed by atoms with Crippen molar-refractivity contribution in [3.63, 3.8) is 0 Å². The van der Waals surface area contributed by atoms with Gasteiger partial charge in [0.15, 0.2) is 0 Å². The van der Waals surface area contributed by atoms with Crippen LogP contribution in [0.15, 0.2) is 156 Å². The van der Waals surface area contributed by atoms with Crippen molar-refractivity contribution >= 4 is 60.5 Å². The Morgan fingerprint density at radius 3 is 1.68 bits per heavy atom. The van der Waals surface area contributed by atoms with Gasteiger partial charge in [-0.1, -0.05) is 91.0 Å². The molecular weight excluding hydrogens is 537 g/mol. The van der Waals surface area contributed by atoms with Crippen LogP contribution >= 0.6 is 0 Å². The smallest absolute Gasteiger partial charge is 0.136 e. The van der Waals surface area contributed by atoms with Crippen molar-refractivity contribution in [2.75, 3.05) is 4.90 Å². The van der Waals surface area contributed by atoms with Gasteiger partial charge in [-0.2, -0.15) is 0 Å². The predicted molar refractivity (Wildman–Crippen MR) is 169 cm³/mol. The van der Waals surface area contributed by atoms with E-state index in [-0.39, 0.29) is 18.6 Å². The molecule has 41 heavy (non-hydrogen) atoms. The summed E-state index contributed by atoms with van der Waals surface area (Å²) in [7, 11) is 0. The van der Waals surface area contributed by atoms with Gasteiger partial charge in [-0.3, -0.25) is 0 Å². The zero-order chi connectivity index (χ0) is 26.5. The van der Waals surface area contributed by atoms with E-state index in [1.54, 1.807) is 0 Å². The molecule has 0 aliphatic carbocycles. The number of rotatable bonds is 4. The van der Waals surface area contributed by atoms with Crippen molar-refractivity contribution in [2.45, 2.75) is 0 Å². The van der Waals surface area contributed by atoms with Gasteiger partial charge in [0.1, 0.15) is 11.2 Å². The molecule has 7 aromatic carbocycles. The summed E-state index contributed by atoms with van der Waals surface area (Å²) in [4.78, 5) is 2.30. The predicted octanol–water partition coefficient (Wildman–Crippen LogP) is 11.0. The number of hydrogen-bond acceptors (Lipinski definition) is 2. The summed E-state index contributed by atoms with van der Waals surface area (Å²) >= 11 is 0. The van der Waals surface area contributed by atoms with E-state index in [1.807, 2.05) is 12.1 Å². The van der Waals surface area contributed by atoms with E-state index < -0.39 is 0 Å². The van der Waals surface area contributed by atoms with Crippen molar-refractivity contribution in [2.24, 2.45) is 0 Å². The van der Waals surface area contributed by atoms with Crippen molar-refractivity contribution in [1.29, 1.82) is 0 Å². The second kappa shape index (κ2) is 10.3. The summed E-state index contributed by atoms with van der Waals surface area (Å²) in [6, 6.07) is 53.8. The van der Waals surface area contributed by atoms with Crippen molar-refractivity contribution in [1.82, 2.24) is 0 Å². The van der Waals surface area contributed by atoms with Crippen LogP contribution in [0.5, 0.6) is 0 Å². The van der Waals surface area contributed by atoms with E-state index in [1.165, 1.54) is 32.7 Å². The van der Waals surface area contributed by atoms with Crippen LogP contribution in [0.4, 0.5) is 17.1 Å². The minimum absolute atomic E-state index is 0. The summed E-state index contributed by atoms with van der Waals surface area (Å²) in [5, 5.41) is 7.19. The van der Waals surface area contributed by atoms with Crippen LogP contribution in [0, 0.1) is 0 Å². The van der Waals surface area contributed by atoms with E-state index in [0.717, 1.165) is 39.0 Å². The molecule has 0 aliphatic heterocycles. The van der Waals surface area contributed by atoms with E-state index in [9.17, 15) is 0 Å². The number of anilines is 3. The molecular formula is C38H25NOV. The van der Waals surface area contributed by atoms with Crippen LogP contribution in [0.3, 0.4) is 0 Å². The number of fused-ring (bicyclic) bond motifs is 6. The Bertz CT molecular complexity index is 2110. The minimum atomic E-state index is 0. The maximum absolute atomic E-state index is 6.28. The third-order valence-electron chi connectivity index (χ3n) is 7.82. The summed E-state index contributed by atoms with van der Waals surface area (Å²) in [5.74, 6) is 0. The Hall–Kier alpha value is -4.76. The van der Waals surface area contributed by atoms with Crippen LogP contribution in [-0.2, 0) is 18.6 Å². The van der Waals surface area contributed by atoms with Crippen molar-refractivity contribution in [3.8, 4) is 11.1 Å². The topological polar surface area (TPSA) is 16.4 Å². The van der Waals surface area contributed by atoms with Crippen LogP contribution in [0.2, 0.25) is 0 Å². The van der Waals surface area contributed by atoms with Gasteiger partial charge in [0.25, 0.3) is 0 Å². The SMILES string of the molecule is [V].c1ccc(N(c2ccccc2)c2ccc(-c3cc4ccccc4c4cc5oc6ccccc6c5cc34)cc2)cc1. The van der Waals surface area contributed by atoms with Crippen molar-refractivity contribution in [3.05, 3.63) is 152 Å². The van der Waals surface area contributed by atoms with Crippen LogP contribution in [-0.4, -0.2) is 0 Å². The van der Waals surface area contributed by atoms with Crippen LogP contribution < -0.4 is 4.90 Å². The number of benzene rings is 7. The summed E-state index contributed by atoms with van der Waals surface area (Å²) in [5.41, 5.74) is 7.64. The molecule has 1 aromatic heterocycles. The fourth-order valence-electron chi connectivity index (χ4n) is 5.95.